The first-order valence-corrected chi connectivity index (χ1v) is 6.39. The average Bonchev–Trinajstić information content (AvgIpc) is 2.51. The Morgan fingerprint density at radius 1 is 1.44 bits per heavy atom. The van der Waals surface area contributed by atoms with Crippen LogP contribution in [0.4, 0.5) is 0 Å². The van der Waals surface area contributed by atoms with Crippen LogP contribution in [0.1, 0.15) is 39.0 Å². The lowest BCUT2D eigenvalue weighted by atomic mass is 10.1. The van der Waals surface area contributed by atoms with Gasteiger partial charge in [0.05, 0.1) is 6.61 Å². The number of hydrogen-bond donors (Lipinski definition) is 2. The van der Waals surface area contributed by atoms with Gasteiger partial charge < -0.3 is 10.4 Å². The van der Waals surface area contributed by atoms with Crippen LogP contribution in [0.3, 0.4) is 0 Å². The molecule has 0 aromatic rings. The molecule has 1 fully saturated rings. The van der Waals surface area contributed by atoms with Gasteiger partial charge in [-0.25, -0.2) is 0 Å². The molecule has 0 aromatic carbocycles. The fraction of sp³-hybridized carbons (Fsp3) is 0.917. The minimum Gasteiger partial charge on any atom is -0.395 e. The van der Waals surface area contributed by atoms with Gasteiger partial charge in [-0.3, -0.25) is 9.69 Å². The summed E-state index contributed by atoms with van der Waals surface area (Å²) in [6.45, 7) is 4.64. The van der Waals surface area contributed by atoms with Crippen LogP contribution < -0.4 is 5.32 Å². The first kappa shape index (κ1) is 13.5. The summed E-state index contributed by atoms with van der Waals surface area (Å²) in [6.07, 6.45) is 5.24. The van der Waals surface area contributed by atoms with Gasteiger partial charge in [0.15, 0.2) is 0 Å². The molecule has 4 heteroatoms. The van der Waals surface area contributed by atoms with E-state index in [-0.39, 0.29) is 18.6 Å². The van der Waals surface area contributed by atoms with Crippen molar-refractivity contribution in [3.8, 4) is 0 Å². The van der Waals surface area contributed by atoms with Crippen molar-refractivity contribution in [2.24, 2.45) is 0 Å². The maximum absolute atomic E-state index is 11.4. The van der Waals surface area contributed by atoms with Gasteiger partial charge in [-0.1, -0.05) is 12.8 Å². The Bertz CT molecular complexity index is 209. The predicted molar refractivity (Wildman–Crippen MR) is 64.2 cm³/mol. The summed E-state index contributed by atoms with van der Waals surface area (Å²) in [6, 6.07) is 0.261. The molecule has 16 heavy (non-hydrogen) atoms. The summed E-state index contributed by atoms with van der Waals surface area (Å²) >= 11 is 0. The van der Waals surface area contributed by atoms with Crippen molar-refractivity contribution in [3.05, 3.63) is 0 Å². The van der Waals surface area contributed by atoms with Crippen molar-refractivity contribution in [2.45, 2.75) is 45.1 Å². The number of rotatable bonds is 5. The summed E-state index contributed by atoms with van der Waals surface area (Å²) < 4.78 is 0. The van der Waals surface area contributed by atoms with Crippen molar-refractivity contribution in [3.63, 3.8) is 0 Å². The van der Waals surface area contributed by atoms with Gasteiger partial charge in [0, 0.05) is 25.6 Å². The molecule has 4 nitrogen and oxygen atoms in total. The smallest absolute Gasteiger partial charge is 0.221 e. The van der Waals surface area contributed by atoms with E-state index in [2.05, 4.69) is 10.2 Å². The number of nitrogens with one attached hydrogen (secondary N) is 1. The van der Waals surface area contributed by atoms with Crippen molar-refractivity contribution >= 4 is 5.91 Å². The molecule has 1 unspecified atom stereocenters. The van der Waals surface area contributed by atoms with Gasteiger partial charge in [-0.2, -0.15) is 0 Å². The standard InChI is InChI=1S/C12H24N2O2/c1-2-13-12(16)7-9-14-8-5-3-4-6-11(14)10-15/h11,15H,2-10H2,1H3,(H,13,16). The third-order valence-electron chi connectivity index (χ3n) is 3.21. The summed E-state index contributed by atoms with van der Waals surface area (Å²) in [5.41, 5.74) is 0. The molecule has 0 spiro atoms. The zero-order valence-corrected chi connectivity index (χ0v) is 10.2. The van der Waals surface area contributed by atoms with Crippen molar-refractivity contribution in [1.29, 1.82) is 0 Å². The van der Waals surface area contributed by atoms with E-state index in [1.54, 1.807) is 0 Å². The molecule has 0 aromatic heterocycles. The lowest BCUT2D eigenvalue weighted by Gasteiger charge is -2.28. The van der Waals surface area contributed by atoms with E-state index < -0.39 is 0 Å². The highest BCUT2D eigenvalue weighted by Gasteiger charge is 2.20. The Balaban J connectivity index is 2.33. The van der Waals surface area contributed by atoms with Gasteiger partial charge in [0.25, 0.3) is 0 Å². The van der Waals surface area contributed by atoms with Gasteiger partial charge in [-0.15, -0.1) is 0 Å². The highest BCUT2D eigenvalue weighted by atomic mass is 16.3. The fourth-order valence-corrected chi connectivity index (χ4v) is 2.27. The van der Waals surface area contributed by atoms with Crippen LogP contribution in [-0.4, -0.2) is 48.2 Å². The molecule has 0 radical (unpaired) electrons. The molecule has 1 aliphatic rings. The van der Waals surface area contributed by atoms with Gasteiger partial charge >= 0.3 is 0 Å². The van der Waals surface area contributed by atoms with Gasteiger partial charge in [-0.05, 0) is 26.3 Å². The zero-order valence-electron chi connectivity index (χ0n) is 10.2. The van der Waals surface area contributed by atoms with Crippen LogP contribution in [0, 0.1) is 0 Å². The lowest BCUT2D eigenvalue weighted by Crippen LogP contribution is -2.40. The minimum absolute atomic E-state index is 0.114. The molecule has 1 saturated heterocycles. The number of likely N-dealkylation sites (tertiary alicyclic amines) is 1. The van der Waals surface area contributed by atoms with Crippen molar-refractivity contribution < 1.29 is 9.90 Å². The lowest BCUT2D eigenvalue weighted by molar-refractivity contribution is -0.121. The van der Waals surface area contributed by atoms with E-state index in [0.29, 0.717) is 13.0 Å². The summed E-state index contributed by atoms with van der Waals surface area (Å²) in [4.78, 5) is 13.6. The molecule has 0 bridgehead atoms. The third-order valence-corrected chi connectivity index (χ3v) is 3.21. The Morgan fingerprint density at radius 2 is 2.25 bits per heavy atom. The Morgan fingerprint density at radius 3 is 2.94 bits per heavy atom. The predicted octanol–water partition coefficient (Wildman–Crippen LogP) is 0.749. The first-order valence-electron chi connectivity index (χ1n) is 6.39. The molecule has 0 saturated carbocycles. The van der Waals surface area contributed by atoms with Crippen LogP contribution in [0.25, 0.3) is 0 Å². The topological polar surface area (TPSA) is 52.6 Å². The number of carbonyl (C=O) groups is 1. The molecule has 1 aliphatic heterocycles. The molecule has 2 N–H and O–H groups in total. The molecule has 1 heterocycles. The number of amides is 1. The number of aliphatic hydroxyl groups is 1. The number of nitrogens with zero attached hydrogens (tertiary/aromatic N) is 1. The highest BCUT2D eigenvalue weighted by Crippen LogP contribution is 2.16. The third kappa shape index (κ3) is 4.49. The van der Waals surface area contributed by atoms with Crippen LogP contribution in [0.5, 0.6) is 0 Å². The second kappa shape index (κ2) is 7.63. The van der Waals surface area contributed by atoms with Crippen LogP contribution in [-0.2, 0) is 4.79 Å². The monoisotopic (exact) mass is 228 g/mol. The van der Waals surface area contributed by atoms with Crippen LogP contribution in [0.2, 0.25) is 0 Å². The summed E-state index contributed by atoms with van der Waals surface area (Å²) in [5.74, 6) is 0.114. The minimum atomic E-state index is 0.114. The van der Waals surface area contributed by atoms with Crippen LogP contribution in [0.15, 0.2) is 0 Å². The highest BCUT2D eigenvalue weighted by molar-refractivity contribution is 5.75. The molecule has 1 atom stereocenters. The first-order chi connectivity index (χ1) is 7.77. The van der Waals surface area contributed by atoms with Crippen molar-refractivity contribution in [1.82, 2.24) is 10.2 Å². The van der Waals surface area contributed by atoms with Gasteiger partial charge in [0.1, 0.15) is 0 Å². The summed E-state index contributed by atoms with van der Waals surface area (Å²) in [7, 11) is 0. The Hall–Kier alpha value is -0.610. The molecule has 1 amide bonds. The van der Waals surface area contributed by atoms with E-state index in [9.17, 15) is 9.90 Å². The number of aliphatic hydroxyl groups excluding tert-OH is 1. The van der Waals surface area contributed by atoms with Gasteiger partial charge in [0.2, 0.25) is 5.91 Å². The molecule has 0 aliphatic carbocycles. The second-order valence-corrected chi connectivity index (χ2v) is 4.43. The quantitative estimate of drug-likeness (QED) is 0.730. The average molecular weight is 228 g/mol. The molecule has 94 valence electrons. The molecule has 1 rings (SSSR count). The second-order valence-electron chi connectivity index (χ2n) is 4.43. The Labute approximate surface area is 98.0 Å². The maximum atomic E-state index is 11.4. The van der Waals surface area contributed by atoms with E-state index in [1.807, 2.05) is 6.92 Å². The van der Waals surface area contributed by atoms with Crippen molar-refractivity contribution in [2.75, 3.05) is 26.2 Å². The number of hydrogen-bond acceptors (Lipinski definition) is 3. The van der Waals surface area contributed by atoms with E-state index >= 15 is 0 Å². The zero-order chi connectivity index (χ0) is 11.8. The number of carbonyl (C=O) groups excluding carboxylic acids is 1. The SMILES string of the molecule is CCNC(=O)CCN1CCCCCC1CO. The molecular formula is C12H24N2O2. The summed E-state index contributed by atoms with van der Waals surface area (Å²) in [5, 5.41) is 12.1. The van der Waals surface area contributed by atoms with E-state index in [0.717, 1.165) is 19.5 Å². The van der Waals surface area contributed by atoms with E-state index in [4.69, 9.17) is 0 Å². The maximum Gasteiger partial charge on any atom is 0.221 e. The largest absolute Gasteiger partial charge is 0.395 e. The fourth-order valence-electron chi connectivity index (χ4n) is 2.27. The van der Waals surface area contributed by atoms with Crippen LogP contribution >= 0.6 is 0 Å². The Kier molecular flexibility index (Phi) is 6.42. The van der Waals surface area contributed by atoms with E-state index in [1.165, 1.54) is 19.3 Å². The molecular weight excluding hydrogens is 204 g/mol. The normalized spacial score (nSPS) is 22.8.